The molecule has 0 spiro atoms. The molecule has 0 aromatic carbocycles. The zero-order valence-corrected chi connectivity index (χ0v) is 19.9. The maximum Gasteiger partial charge on any atom is 0.416 e. The van der Waals surface area contributed by atoms with E-state index in [1.807, 2.05) is 6.92 Å². The van der Waals surface area contributed by atoms with E-state index in [0.717, 1.165) is 50.9 Å². The third kappa shape index (κ3) is 3.98. The van der Waals surface area contributed by atoms with Gasteiger partial charge in [0.15, 0.2) is 5.60 Å². The van der Waals surface area contributed by atoms with E-state index in [2.05, 4.69) is 13.8 Å². The van der Waals surface area contributed by atoms with Crippen molar-refractivity contribution < 1.29 is 23.4 Å². The van der Waals surface area contributed by atoms with Crippen molar-refractivity contribution in [2.45, 2.75) is 122 Å². The second kappa shape index (κ2) is 7.61. The molecule has 9 atom stereocenters. The highest BCUT2D eigenvalue weighted by atomic mass is 19.4. The quantitative estimate of drug-likeness (QED) is 0.496. The Morgan fingerprint density at radius 2 is 1.55 bits per heavy atom. The zero-order chi connectivity index (χ0) is 22.9. The Labute approximate surface area is 186 Å². The zero-order valence-electron chi connectivity index (χ0n) is 19.9. The predicted octanol–water partition coefficient (Wildman–Crippen LogP) is 6.88. The van der Waals surface area contributed by atoms with E-state index in [0.29, 0.717) is 29.6 Å². The van der Waals surface area contributed by atoms with Gasteiger partial charge in [0.2, 0.25) is 0 Å². The lowest BCUT2D eigenvalue weighted by Crippen LogP contribution is -2.55. The minimum Gasteiger partial charge on any atom is -0.390 e. The molecule has 180 valence electrons. The summed E-state index contributed by atoms with van der Waals surface area (Å²) < 4.78 is 39.1. The Bertz CT molecular complexity index is 672. The molecule has 4 fully saturated rings. The van der Waals surface area contributed by atoms with Crippen LogP contribution in [-0.2, 0) is 0 Å². The monoisotopic (exact) mass is 444 g/mol. The summed E-state index contributed by atoms with van der Waals surface area (Å²) >= 11 is 0. The van der Waals surface area contributed by atoms with Crippen LogP contribution in [0, 0.1) is 40.4 Å². The fourth-order valence-corrected chi connectivity index (χ4v) is 8.85. The minimum atomic E-state index is -4.55. The molecule has 5 heteroatoms. The molecule has 0 saturated heterocycles. The van der Waals surface area contributed by atoms with Crippen molar-refractivity contribution in [3.8, 4) is 0 Å². The Balaban J connectivity index is 1.42. The average molecular weight is 445 g/mol. The molecule has 0 aromatic heterocycles. The number of aliphatic hydroxyl groups is 2. The summed E-state index contributed by atoms with van der Waals surface area (Å²) in [4.78, 5) is 0. The molecule has 0 aromatic rings. The largest absolute Gasteiger partial charge is 0.416 e. The summed E-state index contributed by atoms with van der Waals surface area (Å²) in [5.74, 6) is 3.29. The molecule has 0 heterocycles. The minimum absolute atomic E-state index is 0.195. The summed E-state index contributed by atoms with van der Waals surface area (Å²) in [6.07, 6.45) is 6.75. The lowest BCUT2D eigenvalue weighted by molar-refractivity contribution is -0.255. The average Bonchev–Trinajstić information content (AvgIpc) is 2.98. The van der Waals surface area contributed by atoms with Crippen LogP contribution in [0.4, 0.5) is 13.2 Å². The van der Waals surface area contributed by atoms with E-state index >= 15 is 0 Å². The molecular formula is C26H43F3O2. The van der Waals surface area contributed by atoms with Crippen molar-refractivity contribution in [1.29, 1.82) is 0 Å². The van der Waals surface area contributed by atoms with Crippen LogP contribution in [0.1, 0.15) is 105 Å². The van der Waals surface area contributed by atoms with Gasteiger partial charge in [0.1, 0.15) is 0 Å². The molecule has 0 bridgehead atoms. The fraction of sp³-hybridized carbons (Fsp3) is 1.00. The molecule has 2 N–H and O–H groups in total. The second-order valence-electron chi connectivity index (χ2n) is 12.8. The first-order valence-corrected chi connectivity index (χ1v) is 12.7. The summed E-state index contributed by atoms with van der Waals surface area (Å²) in [6.45, 7) is 7.85. The van der Waals surface area contributed by atoms with Crippen LogP contribution in [0.5, 0.6) is 0 Å². The van der Waals surface area contributed by atoms with Gasteiger partial charge in [-0.25, -0.2) is 0 Å². The van der Waals surface area contributed by atoms with Crippen molar-refractivity contribution in [3.05, 3.63) is 0 Å². The highest BCUT2D eigenvalue weighted by molar-refractivity contribution is 5.10. The van der Waals surface area contributed by atoms with Gasteiger partial charge in [-0.05, 0) is 131 Å². The molecule has 0 amide bonds. The molecule has 4 aliphatic carbocycles. The lowest BCUT2D eigenvalue weighted by Gasteiger charge is -2.62. The van der Waals surface area contributed by atoms with Gasteiger partial charge in [0.05, 0.1) is 5.60 Å². The smallest absolute Gasteiger partial charge is 0.390 e. The Kier molecular flexibility index (Phi) is 5.86. The lowest BCUT2D eigenvalue weighted by atomic mass is 9.44. The van der Waals surface area contributed by atoms with Crippen LogP contribution in [0.3, 0.4) is 0 Å². The highest BCUT2D eigenvalue weighted by Crippen LogP contribution is 2.68. The SMILES string of the molecule is CC(O)(CCC[C@H]1CC[C@H]2[C@@H]3CCC4C[C@@](C)(O)CC[C@]4(C)[C@H]3CC[C@]12C)C(F)(F)F. The third-order valence-electron chi connectivity index (χ3n) is 11.0. The van der Waals surface area contributed by atoms with Crippen LogP contribution in [0.25, 0.3) is 0 Å². The standard InChI is InChI=1S/C26H43F3O2/c1-22(30)14-15-24(3)18(16-22)7-9-19-20-10-8-17(23(20,2)13-11-21(19)24)6-5-12-25(4,31)26(27,28)29/h17-21,30-31H,5-16H2,1-4H3/t17-,18?,19-,20-,21-,22-,23+,24-,25?/m0/s1. The van der Waals surface area contributed by atoms with Gasteiger partial charge in [0, 0.05) is 0 Å². The molecule has 4 saturated carbocycles. The first kappa shape index (κ1) is 23.9. The van der Waals surface area contributed by atoms with Crippen LogP contribution in [0.15, 0.2) is 0 Å². The normalized spacial score (nSPS) is 49.6. The molecule has 4 rings (SSSR count). The first-order chi connectivity index (χ1) is 14.2. The maximum absolute atomic E-state index is 13.0. The van der Waals surface area contributed by atoms with Crippen LogP contribution >= 0.6 is 0 Å². The van der Waals surface area contributed by atoms with E-state index < -0.39 is 17.4 Å². The van der Waals surface area contributed by atoms with Gasteiger partial charge in [-0.3, -0.25) is 0 Å². The van der Waals surface area contributed by atoms with Crippen molar-refractivity contribution in [2.75, 3.05) is 0 Å². The molecule has 2 nitrogen and oxygen atoms in total. The number of fused-ring (bicyclic) bond motifs is 5. The summed E-state index contributed by atoms with van der Waals surface area (Å²) in [5, 5.41) is 20.5. The highest BCUT2D eigenvalue weighted by Gasteiger charge is 2.60. The Hall–Kier alpha value is -0.290. The number of alkyl halides is 3. The van der Waals surface area contributed by atoms with Crippen LogP contribution in [-0.4, -0.2) is 27.6 Å². The molecule has 0 aliphatic heterocycles. The summed E-state index contributed by atoms with van der Waals surface area (Å²) in [7, 11) is 0. The van der Waals surface area contributed by atoms with Crippen molar-refractivity contribution >= 4 is 0 Å². The summed E-state index contributed by atoms with van der Waals surface area (Å²) in [6, 6.07) is 0. The fourth-order valence-electron chi connectivity index (χ4n) is 8.85. The van der Waals surface area contributed by atoms with Gasteiger partial charge >= 0.3 is 6.18 Å². The van der Waals surface area contributed by atoms with Gasteiger partial charge < -0.3 is 10.2 Å². The van der Waals surface area contributed by atoms with Crippen molar-refractivity contribution in [2.24, 2.45) is 40.4 Å². The summed E-state index contributed by atoms with van der Waals surface area (Å²) in [5.41, 5.74) is -2.49. The molecule has 4 aliphatic rings. The first-order valence-electron chi connectivity index (χ1n) is 12.7. The molecule has 0 radical (unpaired) electrons. The van der Waals surface area contributed by atoms with E-state index in [9.17, 15) is 23.4 Å². The predicted molar refractivity (Wildman–Crippen MR) is 116 cm³/mol. The number of hydrogen-bond acceptors (Lipinski definition) is 2. The third-order valence-corrected chi connectivity index (χ3v) is 11.0. The van der Waals surface area contributed by atoms with Crippen LogP contribution in [0.2, 0.25) is 0 Å². The van der Waals surface area contributed by atoms with Gasteiger partial charge in [-0.15, -0.1) is 0 Å². The van der Waals surface area contributed by atoms with Crippen molar-refractivity contribution in [3.63, 3.8) is 0 Å². The molecule has 2 unspecified atom stereocenters. The van der Waals surface area contributed by atoms with Crippen LogP contribution < -0.4 is 0 Å². The topological polar surface area (TPSA) is 40.5 Å². The van der Waals surface area contributed by atoms with Gasteiger partial charge in [-0.1, -0.05) is 13.8 Å². The van der Waals surface area contributed by atoms with Gasteiger partial charge in [0.25, 0.3) is 0 Å². The van der Waals surface area contributed by atoms with E-state index in [1.54, 1.807) is 0 Å². The second-order valence-corrected chi connectivity index (χ2v) is 12.8. The van der Waals surface area contributed by atoms with E-state index in [1.165, 1.54) is 32.1 Å². The molecule has 31 heavy (non-hydrogen) atoms. The van der Waals surface area contributed by atoms with E-state index in [4.69, 9.17) is 0 Å². The number of rotatable bonds is 4. The number of hydrogen-bond donors (Lipinski definition) is 2. The maximum atomic E-state index is 13.0. The van der Waals surface area contributed by atoms with Gasteiger partial charge in [-0.2, -0.15) is 13.2 Å². The van der Waals surface area contributed by atoms with E-state index in [-0.39, 0.29) is 11.8 Å². The Morgan fingerprint density at radius 1 is 0.871 bits per heavy atom. The number of halogens is 3. The van der Waals surface area contributed by atoms with Crippen molar-refractivity contribution in [1.82, 2.24) is 0 Å². The molecular weight excluding hydrogens is 401 g/mol. The Morgan fingerprint density at radius 3 is 2.23 bits per heavy atom.